The molecule has 1 aromatic heterocycles. The van der Waals surface area contributed by atoms with Gasteiger partial charge in [0, 0.05) is 31.1 Å². The molecule has 7 heteroatoms. The van der Waals surface area contributed by atoms with Crippen LogP contribution in [0.4, 0.5) is 4.79 Å². The maximum absolute atomic E-state index is 13.1. The van der Waals surface area contributed by atoms with Crippen LogP contribution in [0.1, 0.15) is 36.8 Å². The van der Waals surface area contributed by atoms with Crippen LogP contribution in [0.3, 0.4) is 0 Å². The molecule has 0 spiro atoms. The van der Waals surface area contributed by atoms with Crippen LogP contribution in [-0.2, 0) is 27.4 Å². The van der Waals surface area contributed by atoms with Gasteiger partial charge in [-0.3, -0.25) is 9.36 Å². The number of benzene rings is 2. The highest BCUT2D eigenvalue weighted by molar-refractivity contribution is 5.90. The second-order valence-electron chi connectivity index (χ2n) is 8.38. The number of nitrogens with zero attached hydrogens (tertiary/aromatic N) is 2. The van der Waals surface area contributed by atoms with Crippen LogP contribution in [0, 0.1) is 0 Å². The van der Waals surface area contributed by atoms with E-state index in [1.54, 1.807) is 11.1 Å². The summed E-state index contributed by atoms with van der Waals surface area (Å²) < 4.78 is 7.07. The number of rotatable bonds is 7. The lowest BCUT2D eigenvalue weighted by Crippen LogP contribution is -2.49. The van der Waals surface area contributed by atoms with Crippen molar-refractivity contribution in [2.75, 3.05) is 13.1 Å². The van der Waals surface area contributed by atoms with E-state index >= 15 is 0 Å². The van der Waals surface area contributed by atoms with Crippen molar-refractivity contribution in [1.82, 2.24) is 14.8 Å². The van der Waals surface area contributed by atoms with Crippen LogP contribution in [0.5, 0.6) is 0 Å². The number of carbonyl (C=O) groups is 3. The van der Waals surface area contributed by atoms with Crippen LogP contribution >= 0.6 is 0 Å². The minimum Gasteiger partial charge on any atom is -0.459 e. The van der Waals surface area contributed by atoms with E-state index in [0.717, 1.165) is 54.1 Å². The Morgan fingerprint density at radius 1 is 0.970 bits per heavy atom. The minimum atomic E-state index is -0.865. The summed E-state index contributed by atoms with van der Waals surface area (Å²) in [7, 11) is 0. The number of hydrogen-bond donors (Lipinski definition) is 1. The number of para-hydroxylation sites is 1. The van der Waals surface area contributed by atoms with Gasteiger partial charge in [0.05, 0.1) is 5.52 Å². The summed E-state index contributed by atoms with van der Waals surface area (Å²) in [5, 5.41) is 3.78. The first kappa shape index (κ1) is 22.6. The van der Waals surface area contributed by atoms with Crippen LogP contribution in [0.15, 0.2) is 60.8 Å². The van der Waals surface area contributed by atoms with Crippen molar-refractivity contribution in [3.05, 3.63) is 71.9 Å². The summed E-state index contributed by atoms with van der Waals surface area (Å²) in [5.74, 6) is -0.495. The van der Waals surface area contributed by atoms with E-state index < -0.39 is 12.0 Å². The predicted octanol–water partition coefficient (Wildman–Crippen LogP) is 3.92. The van der Waals surface area contributed by atoms with Crippen LogP contribution < -0.4 is 5.32 Å². The summed E-state index contributed by atoms with van der Waals surface area (Å²) in [6.07, 6.45) is 6.83. The Morgan fingerprint density at radius 2 is 1.67 bits per heavy atom. The fourth-order valence-corrected chi connectivity index (χ4v) is 4.28. The number of likely N-dealkylation sites (tertiary alicyclic amines) is 1. The number of carbonyl (C=O) groups excluding carboxylic acids is 3. The van der Waals surface area contributed by atoms with Crippen molar-refractivity contribution in [2.24, 2.45) is 0 Å². The zero-order valence-electron chi connectivity index (χ0n) is 18.6. The van der Waals surface area contributed by atoms with Crippen molar-refractivity contribution in [3.8, 4) is 0 Å². The third-order valence-corrected chi connectivity index (χ3v) is 6.06. The van der Waals surface area contributed by atoms with E-state index in [1.165, 1.54) is 4.57 Å². The Morgan fingerprint density at radius 3 is 2.39 bits per heavy atom. The third-order valence-electron chi connectivity index (χ3n) is 6.06. The second-order valence-corrected chi connectivity index (χ2v) is 8.38. The van der Waals surface area contributed by atoms with Crippen LogP contribution in [0.2, 0.25) is 0 Å². The zero-order chi connectivity index (χ0) is 23.0. The van der Waals surface area contributed by atoms with Gasteiger partial charge >= 0.3 is 12.0 Å². The average molecular weight is 448 g/mol. The topological polar surface area (TPSA) is 80.6 Å². The molecule has 1 aliphatic rings. The van der Waals surface area contributed by atoms with Gasteiger partial charge in [0.25, 0.3) is 0 Å². The number of hydrogen-bond acceptors (Lipinski definition) is 4. The lowest BCUT2D eigenvalue weighted by Gasteiger charge is -2.24. The molecule has 0 saturated carbocycles. The van der Waals surface area contributed by atoms with Gasteiger partial charge in [-0.05, 0) is 30.0 Å². The van der Waals surface area contributed by atoms with E-state index in [9.17, 15) is 14.4 Å². The van der Waals surface area contributed by atoms with Gasteiger partial charge in [0.15, 0.2) is 0 Å². The first-order valence-corrected chi connectivity index (χ1v) is 11.5. The fraction of sp³-hybridized carbons (Fsp3) is 0.346. The molecule has 0 bridgehead atoms. The van der Waals surface area contributed by atoms with Crippen LogP contribution in [-0.4, -0.2) is 47.0 Å². The Kier molecular flexibility index (Phi) is 7.40. The highest BCUT2D eigenvalue weighted by Crippen LogP contribution is 2.22. The second kappa shape index (κ2) is 10.8. The fourth-order valence-electron chi connectivity index (χ4n) is 4.28. The number of nitrogens with one attached hydrogen (secondary N) is 1. The molecule has 0 unspecified atom stereocenters. The first-order valence-electron chi connectivity index (χ1n) is 11.5. The maximum Gasteiger partial charge on any atom is 0.329 e. The molecule has 2 aromatic carbocycles. The van der Waals surface area contributed by atoms with Gasteiger partial charge in [-0.25, -0.2) is 9.59 Å². The van der Waals surface area contributed by atoms with Gasteiger partial charge < -0.3 is 15.0 Å². The molecule has 7 nitrogen and oxygen atoms in total. The maximum atomic E-state index is 13.1. The lowest BCUT2D eigenvalue weighted by molar-refractivity contribution is -0.147. The summed E-state index contributed by atoms with van der Waals surface area (Å²) in [6.45, 7) is 1.50. The van der Waals surface area contributed by atoms with E-state index in [1.807, 2.05) is 54.6 Å². The molecule has 2 heterocycles. The van der Waals surface area contributed by atoms with Crippen molar-refractivity contribution in [2.45, 2.75) is 44.8 Å². The number of ether oxygens (including phenoxy) is 1. The van der Waals surface area contributed by atoms with Gasteiger partial charge in [0.1, 0.15) is 12.6 Å². The Bertz CT molecular complexity index is 1100. The number of esters is 1. The number of urea groups is 1. The molecule has 1 fully saturated rings. The van der Waals surface area contributed by atoms with E-state index in [2.05, 4.69) is 5.32 Å². The molecular weight excluding hydrogens is 418 g/mol. The van der Waals surface area contributed by atoms with E-state index in [4.69, 9.17) is 4.74 Å². The summed E-state index contributed by atoms with van der Waals surface area (Å²) in [5.41, 5.74) is 2.44. The molecule has 4 rings (SSSR count). The molecule has 1 saturated heterocycles. The normalized spacial score (nSPS) is 15.0. The SMILES string of the molecule is O=Cn1cc(C[C@H](NC(=O)N2CCCCCC2)C(=O)OCc2ccccc2)c2ccccc21. The molecule has 1 atom stereocenters. The molecule has 2 amide bonds. The lowest BCUT2D eigenvalue weighted by atomic mass is 10.0. The Labute approximate surface area is 193 Å². The molecule has 33 heavy (non-hydrogen) atoms. The number of fused-ring (bicyclic) bond motifs is 1. The van der Waals surface area contributed by atoms with Gasteiger partial charge in [-0.2, -0.15) is 0 Å². The molecule has 1 N–H and O–H groups in total. The van der Waals surface area contributed by atoms with Gasteiger partial charge in [-0.1, -0.05) is 61.4 Å². The van der Waals surface area contributed by atoms with Gasteiger partial charge in [-0.15, -0.1) is 0 Å². The molecule has 0 radical (unpaired) electrons. The number of amides is 2. The van der Waals surface area contributed by atoms with E-state index in [0.29, 0.717) is 13.1 Å². The minimum absolute atomic E-state index is 0.131. The van der Waals surface area contributed by atoms with Crippen molar-refractivity contribution < 1.29 is 19.1 Å². The van der Waals surface area contributed by atoms with E-state index in [-0.39, 0.29) is 19.1 Å². The average Bonchev–Trinajstić information content (AvgIpc) is 3.00. The highest BCUT2D eigenvalue weighted by Gasteiger charge is 2.27. The standard InChI is InChI=1S/C26H29N3O4/c30-19-29-17-21(22-12-6-7-13-24(22)29)16-23(25(31)33-18-20-10-4-3-5-11-20)27-26(32)28-14-8-1-2-9-15-28/h3-7,10-13,17,19,23H,1-2,8-9,14-16,18H2,(H,27,32)/t23-/m0/s1. The smallest absolute Gasteiger partial charge is 0.329 e. The monoisotopic (exact) mass is 447 g/mol. The highest BCUT2D eigenvalue weighted by atomic mass is 16.5. The molecule has 172 valence electrons. The summed E-state index contributed by atoms with van der Waals surface area (Å²) in [6, 6.07) is 15.8. The first-order chi connectivity index (χ1) is 16.2. The molecular formula is C26H29N3O4. The zero-order valence-corrected chi connectivity index (χ0v) is 18.6. The summed E-state index contributed by atoms with van der Waals surface area (Å²) in [4.78, 5) is 39.4. The van der Waals surface area contributed by atoms with Crippen molar-refractivity contribution in [3.63, 3.8) is 0 Å². The van der Waals surface area contributed by atoms with Crippen LogP contribution in [0.25, 0.3) is 10.9 Å². The molecule has 1 aliphatic heterocycles. The molecule has 0 aliphatic carbocycles. The predicted molar refractivity (Wildman–Crippen MR) is 126 cm³/mol. The number of aromatic nitrogens is 1. The summed E-state index contributed by atoms with van der Waals surface area (Å²) >= 11 is 0. The Hall–Kier alpha value is -3.61. The van der Waals surface area contributed by atoms with Crippen molar-refractivity contribution >= 4 is 29.3 Å². The Balaban J connectivity index is 1.54. The molecule has 3 aromatic rings. The largest absolute Gasteiger partial charge is 0.459 e. The van der Waals surface area contributed by atoms with Gasteiger partial charge in [0.2, 0.25) is 6.41 Å². The quantitative estimate of drug-likeness (QED) is 0.440. The third kappa shape index (κ3) is 5.61. The van der Waals surface area contributed by atoms with Crippen molar-refractivity contribution in [1.29, 1.82) is 0 Å².